The second-order valence-corrected chi connectivity index (χ2v) is 6.24. The van der Waals surface area contributed by atoms with Crippen LogP contribution in [-0.2, 0) is 6.54 Å². The van der Waals surface area contributed by atoms with E-state index in [4.69, 9.17) is 0 Å². The van der Waals surface area contributed by atoms with E-state index < -0.39 is 0 Å². The Morgan fingerprint density at radius 1 is 1.21 bits per heavy atom. The van der Waals surface area contributed by atoms with Crippen molar-refractivity contribution in [1.29, 1.82) is 0 Å². The maximum absolute atomic E-state index is 3.70. The van der Waals surface area contributed by atoms with Crippen LogP contribution in [0.3, 0.4) is 0 Å². The molecule has 0 saturated carbocycles. The number of rotatable bonds is 3. The molecule has 0 bridgehead atoms. The molecular formula is C17H26N2. The van der Waals surface area contributed by atoms with E-state index in [0.29, 0.717) is 0 Å². The van der Waals surface area contributed by atoms with Gasteiger partial charge in [-0.1, -0.05) is 18.2 Å². The van der Waals surface area contributed by atoms with Crippen LogP contribution in [0.5, 0.6) is 0 Å². The predicted molar refractivity (Wildman–Crippen MR) is 80.4 cm³/mol. The van der Waals surface area contributed by atoms with Crippen molar-refractivity contribution in [3.05, 3.63) is 34.9 Å². The van der Waals surface area contributed by atoms with Crippen molar-refractivity contribution >= 4 is 0 Å². The average molecular weight is 258 g/mol. The first kappa shape index (κ1) is 13.1. The van der Waals surface area contributed by atoms with E-state index in [2.05, 4.69) is 42.3 Å². The van der Waals surface area contributed by atoms with Crippen LogP contribution >= 0.6 is 0 Å². The van der Waals surface area contributed by atoms with Crippen molar-refractivity contribution in [3.8, 4) is 0 Å². The second-order valence-electron chi connectivity index (χ2n) is 6.24. The summed E-state index contributed by atoms with van der Waals surface area (Å²) in [5.74, 6) is 0. The van der Waals surface area contributed by atoms with Gasteiger partial charge in [-0.25, -0.2) is 0 Å². The average Bonchev–Trinajstić information content (AvgIpc) is 3.05. The number of likely N-dealkylation sites (tertiary alicyclic amines) is 1. The SMILES string of the molecule is Cc1cccc(CN2CCCC2C2CCCN2)c1C. The molecule has 3 rings (SSSR count). The zero-order valence-corrected chi connectivity index (χ0v) is 12.3. The van der Waals surface area contributed by atoms with Crippen LogP contribution in [0.2, 0.25) is 0 Å². The molecule has 1 aromatic carbocycles. The van der Waals surface area contributed by atoms with Gasteiger partial charge in [0.05, 0.1) is 0 Å². The Morgan fingerprint density at radius 3 is 2.89 bits per heavy atom. The van der Waals surface area contributed by atoms with Crippen molar-refractivity contribution in [2.24, 2.45) is 0 Å². The van der Waals surface area contributed by atoms with Crippen LogP contribution < -0.4 is 5.32 Å². The third-order valence-electron chi connectivity index (χ3n) is 5.07. The minimum absolute atomic E-state index is 0.743. The van der Waals surface area contributed by atoms with Gasteiger partial charge in [-0.3, -0.25) is 4.90 Å². The molecule has 2 heteroatoms. The van der Waals surface area contributed by atoms with Crippen molar-refractivity contribution in [1.82, 2.24) is 10.2 Å². The Bertz CT molecular complexity index is 435. The molecule has 0 radical (unpaired) electrons. The van der Waals surface area contributed by atoms with Crippen LogP contribution in [0, 0.1) is 13.8 Å². The van der Waals surface area contributed by atoms with Crippen LogP contribution in [0.1, 0.15) is 42.4 Å². The van der Waals surface area contributed by atoms with Crippen molar-refractivity contribution in [2.75, 3.05) is 13.1 Å². The van der Waals surface area contributed by atoms with Gasteiger partial charge in [0, 0.05) is 18.6 Å². The highest BCUT2D eigenvalue weighted by molar-refractivity contribution is 5.33. The Hall–Kier alpha value is -0.860. The highest BCUT2D eigenvalue weighted by atomic mass is 15.2. The predicted octanol–water partition coefficient (Wildman–Crippen LogP) is 3.02. The van der Waals surface area contributed by atoms with Crippen LogP contribution in [0.25, 0.3) is 0 Å². The number of hydrogen-bond acceptors (Lipinski definition) is 2. The summed E-state index contributed by atoms with van der Waals surface area (Å²) in [6, 6.07) is 8.24. The summed E-state index contributed by atoms with van der Waals surface area (Å²) in [7, 11) is 0. The van der Waals surface area contributed by atoms with Crippen LogP contribution in [-0.4, -0.2) is 30.1 Å². The smallest absolute Gasteiger partial charge is 0.0253 e. The molecule has 2 aliphatic rings. The normalized spacial score (nSPS) is 28.1. The van der Waals surface area contributed by atoms with Gasteiger partial charge in [-0.2, -0.15) is 0 Å². The van der Waals surface area contributed by atoms with E-state index >= 15 is 0 Å². The third kappa shape index (κ3) is 2.70. The summed E-state index contributed by atoms with van der Waals surface area (Å²) >= 11 is 0. The molecule has 2 atom stereocenters. The lowest BCUT2D eigenvalue weighted by atomic mass is 10.0. The molecule has 2 nitrogen and oxygen atoms in total. The number of nitrogens with one attached hydrogen (secondary N) is 1. The lowest BCUT2D eigenvalue weighted by molar-refractivity contribution is 0.206. The topological polar surface area (TPSA) is 15.3 Å². The van der Waals surface area contributed by atoms with Crippen LogP contribution in [0.4, 0.5) is 0 Å². The molecule has 2 aliphatic heterocycles. The lowest BCUT2D eigenvalue weighted by Crippen LogP contribution is -2.43. The molecule has 1 N–H and O–H groups in total. The van der Waals surface area contributed by atoms with E-state index in [-0.39, 0.29) is 0 Å². The summed E-state index contributed by atoms with van der Waals surface area (Å²) in [4.78, 5) is 2.71. The molecular weight excluding hydrogens is 232 g/mol. The standard InChI is InChI=1S/C17H26N2/c1-13-6-3-7-15(14(13)2)12-19-11-5-9-17(19)16-8-4-10-18-16/h3,6-7,16-18H,4-5,8-12H2,1-2H3. The molecule has 2 heterocycles. The molecule has 2 unspecified atom stereocenters. The second kappa shape index (κ2) is 5.64. The van der Waals surface area contributed by atoms with Gasteiger partial charge in [0.1, 0.15) is 0 Å². The summed E-state index contributed by atoms with van der Waals surface area (Å²) < 4.78 is 0. The van der Waals surface area contributed by atoms with E-state index in [1.165, 1.54) is 55.5 Å². The summed E-state index contributed by atoms with van der Waals surface area (Å²) in [5, 5.41) is 3.70. The zero-order chi connectivity index (χ0) is 13.2. The maximum Gasteiger partial charge on any atom is 0.0253 e. The Kier molecular flexibility index (Phi) is 3.90. The quantitative estimate of drug-likeness (QED) is 0.896. The largest absolute Gasteiger partial charge is 0.312 e. The van der Waals surface area contributed by atoms with Gasteiger partial charge in [0.2, 0.25) is 0 Å². The van der Waals surface area contributed by atoms with Gasteiger partial charge < -0.3 is 5.32 Å². The van der Waals surface area contributed by atoms with Gasteiger partial charge in [-0.05, 0) is 69.3 Å². The highest BCUT2D eigenvalue weighted by Gasteiger charge is 2.33. The summed E-state index contributed by atoms with van der Waals surface area (Å²) in [6.45, 7) is 8.12. The molecule has 0 spiro atoms. The third-order valence-corrected chi connectivity index (χ3v) is 5.07. The fourth-order valence-electron chi connectivity index (χ4n) is 3.75. The lowest BCUT2D eigenvalue weighted by Gasteiger charge is -2.30. The number of hydrogen-bond donors (Lipinski definition) is 1. The molecule has 2 fully saturated rings. The summed E-state index contributed by atoms with van der Waals surface area (Å²) in [6.07, 6.45) is 5.47. The molecule has 0 aromatic heterocycles. The number of nitrogens with zero attached hydrogens (tertiary/aromatic N) is 1. The molecule has 19 heavy (non-hydrogen) atoms. The molecule has 2 saturated heterocycles. The van der Waals surface area contributed by atoms with Gasteiger partial charge in [0.15, 0.2) is 0 Å². The minimum Gasteiger partial charge on any atom is -0.312 e. The van der Waals surface area contributed by atoms with Gasteiger partial charge >= 0.3 is 0 Å². The van der Waals surface area contributed by atoms with E-state index in [1.54, 1.807) is 0 Å². The molecule has 0 aliphatic carbocycles. The maximum atomic E-state index is 3.70. The van der Waals surface area contributed by atoms with E-state index in [9.17, 15) is 0 Å². The van der Waals surface area contributed by atoms with Crippen molar-refractivity contribution in [2.45, 2.75) is 58.2 Å². The van der Waals surface area contributed by atoms with Crippen molar-refractivity contribution in [3.63, 3.8) is 0 Å². The van der Waals surface area contributed by atoms with Gasteiger partial charge in [-0.15, -0.1) is 0 Å². The molecule has 104 valence electrons. The van der Waals surface area contributed by atoms with E-state index in [0.717, 1.165) is 18.6 Å². The number of benzene rings is 1. The van der Waals surface area contributed by atoms with E-state index in [1.807, 2.05) is 0 Å². The molecule has 0 amide bonds. The first-order valence-corrected chi connectivity index (χ1v) is 7.78. The Labute approximate surface area is 117 Å². The Balaban J connectivity index is 1.72. The fourth-order valence-corrected chi connectivity index (χ4v) is 3.75. The van der Waals surface area contributed by atoms with Gasteiger partial charge in [0.25, 0.3) is 0 Å². The monoisotopic (exact) mass is 258 g/mol. The van der Waals surface area contributed by atoms with Crippen molar-refractivity contribution < 1.29 is 0 Å². The fraction of sp³-hybridized carbons (Fsp3) is 0.647. The Morgan fingerprint density at radius 2 is 2.11 bits per heavy atom. The first-order valence-electron chi connectivity index (χ1n) is 7.78. The highest BCUT2D eigenvalue weighted by Crippen LogP contribution is 2.27. The first-order chi connectivity index (χ1) is 9.25. The summed E-state index contributed by atoms with van der Waals surface area (Å²) in [5.41, 5.74) is 4.42. The molecule has 1 aromatic rings. The van der Waals surface area contributed by atoms with Crippen LogP contribution in [0.15, 0.2) is 18.2 Å². The minimum atomic E-state index is 0.743. The number of aryl methyl sites for hydroxylation is 1. The zero-order valence-electron chi connectivity index (χ0n) is 12.3.